The van der Waals surface area contributed by atoms with Gasteiger partial charge in [0.05, 0.1) is 6.54 Å². The first-order chi connectivity index (χ1) is 12.3. The normalized spacial score (nSPS) is 10.8. The number of nitrogens with two attached hydrogens (primary N) is 1. The highest BCUT2D eigenvalue weighted by Gasteiger charge is 2.19. The van der Waals surface area contributed by atoms with Crippen LogP contribution < -0.4 is 11.1 Å². The quantitative estimate of drug-likeness (QED) is 0.679. The summed E-state index contributed by atoms with van der Waals surface area (Å²) in [6.45, 7) is 6.39. The van der Waals surface area contributed by atoms with Gasteiger partial charge in [-0.3, -0.25) is 4.79 Å². The number of nitrogens with one attached hydrogen (secondary N) is 1. The molecule has 0 saturated carbocycles. The Morgan fingerprint density at radius 2 is 1.88 bits per heavy atom. The number of benzene rings is 2. The van der Waals surface area contributed by atoms with Crippen molar-refractivity contribution in [2.24, 2.45) is 0 Å². The third-order valence-corrected chi connectivity index (χ3v) is 4.62. The van der Waals surface area contributed by atoms with Crippen molar-refractivity contribution in [1.82, 2.24) is 15.0 Å². The standard InChI is InChI=1S/C19H20BrN5O/c1-11-7-12(2)16(13(3)8-11)22-19(26)17-18(21)25(24-23-17)10-14-5-4-6-15(20)9-14/h4-9H,10,21H2,1-3H3,(H,22,26). The minimum absolute atomic E-state index is 0.124. The molecule has 3 aromatic rings. The van der Waals surface area contributed by atoms with Crippen LogP contribution >= 0.6 is 15.9 Å². The molecule has 0 aliphatic rings. The number of nitrogens with zero attached hydrogens (tertiary/aromatic N) is 3. The van der Waals surface area contributed by atoms with Crippen LogP contribution in [0.5, 0.6) is 0 Å². The Bertz CT molecular complexity index is 957. The number of hydrogen-bond donors (Lipinski definition) is 2. The Morgan fingerprint density at radius 1 is 1.19 bits per heavy atom. The molecular weight excluding hydrogens is 394 g/mol. The summed E-state index contributed by atoms with van der Waals surface area (Å²) in [6, 6.07) is 11.9. The van der Waals surface area contributed by atoms with Gasteiger partial charge >= 0.3 is 0 Å². The maximum absolute atomic E-state index is 12.6. The number of nitrogen functional groups attached to an aromatic ring is 1. The largest absolute Gasteiger partial charge is 0.382 e. The smallest absolute Gasteiger partial charge is 0.280 e. The van der Waals surface area contributed by atoms with Gasteiger partial charge in [0.2, 0.25) is 0 Å². The Kier molecular flexibility index (Phi) is 5.08. The zero-order valence-corrected chi connectivity index (χ0v) is 16.5. The molecule has 2 aromatic carbocycles. The zero-order chi connectivity index (χ0) is 18.8. The van der Waals surface area contributed by atoms with Crippen molar-refractivity contribution in [3.63, 3.8) is 0 Å². The molecule has 6 nitrogen and oxygen atoms in total. The molecule has 0 aliphatic carbocycles. The van der Waals surface area contributed by atoms with Crippen LogP contribution in [0.25, 0.3) is 0 Å². The Labute approximate surface area is 160 Å². The first kappa shape index (κ1) is 18.1. The van der Waals surface area contributed by atoms with E-state index in [0.29, 0.717) is 6.54 Å². The lowest BCUT2D eigenvalue weighted by Crippen LogP contribution is -2.17. The Morgan fingerprint density at radius 3 is 2.54 bits per heavy atom. The molecule has 0 atom stereocenters. The van der Waals surface area contributed by atoms with Gasteiger partial charge in [-0.15, -0.1) is 5.10 Å². The summed E-state index contributed by atoms with van der Waals surface area (Å²) in [6.07, 6.45) is 0. The third kappa shape index (κ3) is 3.77. The van der Waals surface area contributed by atoms with E-state index in [1.165, 1.54) is 4.68 Å². The van der Waals surface area contributed by atoms with Gasteiger partial charge in [-0.25, -0.2) is 4.68 Å². The molecule has 0 bridgehead atoms. The van der Waals surface area contributed by atoms with Crippen molar-refractivity contribution >= 4 is 33.3 Å². The predicted octanol–water partition coefficient (Wildman–Crippen LogP) is 3.85. The van der Waals surface area contributed by atoms with Crippen molar-refractivity contribution in [3.05, 3.63) is 68.8 Å². The van der Waals surface area contributed by atoms with Crippen LogP contribution in [-0.4, -0.2) is 20.9 Å². The van der Waals surface area contributed by atoms with Crippen LogP contribution in [-0.2, 0) is 6.54 Å². The van der Waals surface area contributed by atoms with Crippen LogP contribution in [0, 0.1) is 20.8 Å². The van der Waals surface area contributed by atoms with E-state index >= 15 is 0 Å². The second-order valence-corrected chi connectivity index (χ2v) is 7.25. The molecular formula is C19H20BrN5O. The molecule has 0 radical (unpaired) electrons. The van der Waals surface area contributed by atoms with Crippen LogP contribution in [0.4, 0.5) is 11.5 Å². The average Bonchev–Trinajstić information content (AvgIpc) is 2.92. The maximum Gasteiger partial charge on any atom is 0.280 e. The highest BCUT2D eigenvalue weighted by atomic mass is 79.9. The van der Waals surface area contributed by atoms with Gasteiger partial charge in [0.1, 0.15) is 0 Å². The summed E-state index contributed by atoms with van der Waals surface area (Å²) in [7, 11) is 0. The molecule has 0 fully saturated rings. The summed E-state index contributed by atoms with van der Waals surface area (Å²) in [5, 5.41) is 10.9. The van der Waals surface area contributed by atoms with E-state index in [1.807, 2.05) is 57.2 Å². The average molecular weight is 414 g/mol. The molecule has 1 amide bonds. The zero-order valence-electron chi connectivity index (χ0n) is 14.9. The number of halogens is 1. The van der Waals surface area contributed by atoms with Gasteiger partial charge in [0.25, 0.3) is 5.91 Å². The Balaban J connectivity index is 1.82. The van der Waals surface area contributed by atoms with E-state index in [0.717, 1.165) is 32.4 Å². The summed E-state index contributed by atoms with van der Waals surface area (Å²) in [5.41, 5.74) is 11.2. The van der Waals surface area contributed by atoms with Crippen LogP contribution in [0.1, 0.15) is 32.7 Å². The molecule has 134 valence electrons. The van der Waals surface area contributed by atoms with Crippen molar-refractivity contribution < 1.29 is 4.79 Å². The lowest BCUT2D eigenvalue weighted by molar-refractivity contribution is 0.102. The topological polar surface area (TPSA) is 85.8 Å². The van der Waals surface area contributed by atoms with Crippen molar-refractivity contribution in [3.8, 4) is 0 Å². The first-order valence-corrected chi connectivity index (χ1v) is 8.97. The number of aryl methyl sites for hydroxylation is 3. The van der Waals surface area contributed by atoms with E-state index in [1.54, 1.807) is 0 Å². The van der Waals surface area contributed by atoms with E-state index in [4.69, 9.17) is 5.73 Å². The van der Waals surface area contributed by atoms with Crippen LogP contribution in [0.15, 0.2) is 40.9 Å². The first-order valence-electron chi connectivity index (χ1n) is 8.17. The molecule has 0 spiro atoms. The van der Waals surface area contributed by atoms with Crippen molar-refractivity contribution in [1.29, 1.82) is 0 Å². The lowest BCUT2D eigenvalue weighted by atomic mass is 10.1. The number of amides is 1. The summed E-state index contributed by atoms with van der Waals surface area (Å²) < 4.78 is 2.49. The minimum atomic E-state index is -0.363. The Hall–Kier alpha value is -2.67. The molecule has 3 N–H and O–H groups in total. The van der Waals surface area contributed by atoms with Gasteiger partial charge in [0.15, 0.2) is 11.5 Å². The lowest BCUT2D eigenvalue weighted by Gasteiger charge is -2.12. The fourth-order valence-corrected chi connectivity index (χ4v) is 3.40. The molecule has 0 unspecified atom stereocenters. The number of hydrogen-bond acceptors (Lipinski definition) is 4. The number of aromatic nitrogens is 3. The molecule has 0 saturated heterocycles. The highest BCUT2D eigenvalue weighted by Crippen LogP contribution is 2.23. The van der Waals surface area contributed by atoms with Crippen LogP contribution in [0.3, 0.4) is 0 Å². The summed E-state index contributed by atoms with van der Waals surface area (Å²) >= 11 is 3.44. The summed E-state index contributed by atoms with van der Waals surface area (Å²) in [4.78, 5) is 12.6. The van der Waals surface area contributed by atoms with Crippen molar-refractivity contribution in [2.75, 3.05) is 11.1 Å². The van der Waals surface area contributed by atoms with Gasteiger partial charge in [0, 0.05) is 10.2 Å². The van der Waals surface area contributed by atoms with Gasteiger partial charge < -0.3 is 11.1 Å². The van der Waals surface area contributed by atoms with E-state index in [9.17, 15) is 4.79 Å². The molecule has 1 aromatic heterocycles. The summed E-state index contributed by atoms with van der Waals surface area (Å²) in [5.74, 6) is -0.122. The third-order valence-electron chi connectivity index (χ3n) is 4.13. The van der Waals surface area contributed by atoms with Gasteiger partial charge in [-0.1, -0.05) is 51.0 Å². The molecule has 7 heteroatoms. The maximum atomic E-state index is 12.6. The second-order valence-electron chi connectivity index (χ2n) is 6.34. The van der Waals surface area contributed by atoms with Gasteiger partial charge in [-0.2, -0.15) is 0 Å². The second kappa shape index (κ2) is 7.29. The SMILES string of the molecule is Cc1cc(C)c(NC(=O)c2nnn(Cc3cccc(Br)c3)c2N)c(C)c1. The highest BCUT2D eigenvalue weighted by molar-refractivity contribution is 9.10. The van der Waals surface area contributed by atoms with E-state index in [-0.39, 0.29) is 17.4 Å². The number of anilines is 2. The number of carbonyl (C=O) groups excluding carboxylic acids is 1. The molecule has 3 rings (SSSR count). The fourth-order valence-electron chi connectivity index (χ4n) is 2.96. The predicted molar refractivity (Wildman–Crippen MR) is 106 cm³/mol. The van der Waals surface area contributed by atoms with Crippen molar-refractivity contribution in [2.45, 2.75) is 27.3 Å². The van der Waals surface area contributed by atoms with Gasteiger partial charge in [-0.05, 0) is 49.6 Å². The minimum Gasteiger partial charge on any atom is -0.382 e. The van der Waals surface area contributed by atoms with Crippen LogP contribution in [0.2, 0.25) is 0 Å². The molecule has 0 aliphatic heterocycles. The fraction of sp³-hybridized carbons (Fsp3) is 0.211. The molecule has 1 heterocycles. The van der Waals surface area contributed by atoms with E-state index < -0.39 is 0 Å². The number of carbonyl (C=O) groups is 1. The van der Waals surface area contributed by atoms with E-state index in [2.05, 4.69) is 31.6 Å². The molecule has 26 heavy (non-hydrogen) atoms. The monoisotopic (exact) mass is 413 g/mol. The number of rotatable bonds is 4.